The van der Waals surface area contributed by atoms with Gasteiger partial charge in [0.1, 0.15) is 5.60 Å². The van der Waals surface area contributed by atoms with Gasteiger partial charge in [-0.15, -0.1) is 11.3 Å². The van der Waals surface area contributed by atoms with Crippen LogP contribution >= 0.6 is 22.9 Å². The third-order valence-corrected chi connectivity index (χ3v) is 4.72. The molecule has 0 bridgehead atoms. The largest absolute Gasteiger partial charge is 0.384 e. The second-order valence-corrected chi connectivity index (χ2v) is 6.13. The highest BCUT2D eigenvalue weighted by atomic mass is 35.5. The fourth-order valence-corrected chi connectivity index (χ4v) is 3.29. The molecule has 1 saturated heterocycles. The van der Waals surface area contributed by atoms with Gasteiger partial charge in [0, 0.05) is 17.5 Å². The molecule has 15 heavy (non-hydrogen) atoms. The first-order valence-electron chi connectivity index (χ1n) is 5.20. The lowest BCUT2D eigenvalue weighted by Crippen LogP contribution is -2.45. The van der Waals surface area contributed by atoms with Crippen LogP contribution in [0.25, 0.3) is 0 Å². The summed E-state index contributed by atoms with van der Waals surface area (Å²) in [6, 6.07) is 4.23. The van der Waals surface area contributed by atoms with Crippen LogP contribution in [0.5, 0.6) is 0 Å². The minimum absolute atomic E-state index is 0.421. The molecule has 0 aromatic carbocycles. The van der Waals surface area contributed by atoms with E-state index in [4.69, 9.17) is 11.6 Å². The summed E-state index contributed by atoms with van der Waals surface area (Å²) in [7, 11) is 2.10. The van der Waals surface area contributed by atoms with Crippen molar-refractivity contribution in [1.82, 2.24) is 4.90 Å². The smallest absolute Gasteiger partial charge is 0.101 e. The van der Waals surface area contributed by atoms with Crippen molar-refractivity contribution >= 4 is 22.9 Å². The number of rotatable bonds is 1. The van der Waals surface area contributed by atoms with Crippen LogP contribution in [0.1, 0.15) is 24.6 Å². The van der Waals surface area contributed by atoms with Gasteiger partial charge >= 0.3 is 0 Å². The summed E-state index contributed by atoms with van der Waals surface area (Å²) in [5.41, 5.74) is -0.663. The standard InChI is InChI=1S/C11H16ClNOS/c1-8-7-11(14,5-6-13(8)2)9-3-4-10(12)15-9/h3-4,8,14H,5-7H2,1-2H3. The molecule has 1 fully saturated rings. The molecule has 4 heteroatoms. The first-order valence-corrected chi connectivity index (χ1v) is 6.39. The molecule has 2 rings (SSSR count). The molecule has 0 aliphatic carbocycles. The van der Waals surface area contributed by atoms with Crippen LogP contribution in [0.3, 0.4) is 0 Å². The van der Waals surface area contributed by atoms with Gasteiger partial charge in [-0.25, -0.2) is 0 Å². The molecule has 84 valence electrons. The minimum atomic E-state index is -0.663. The number of likely N-dealkylation sites (tertiary alicyclic amines) is 1. The van der Waals surface area contributed by atoms with Crippen molar-refractivity contribution in [2.24, 2.45) is 0 Å². The van der Waals surface area contributed by atoms with Gasteiger partial charge in [0.2, 0.25) is 0 Å². The molecule has 0 amide bonds. The number of hydrogen-bond acceptors (Lipinski definition) is 3. The van der Waals surface area contributed by atoms with Crippen LogP contribution in [0.4, 0.5) is 0 Å². The Labute approximate surface area is 99.5 Å². The molecule has 1 aromatic rings. The fourth-order valence-electron chi connectivity index (χ4n) is 2.12. The molecule has 0 saturated carbocycles. The molecule has 1 aromatic heterocycles. The van der Waals surface area contributed by atoms with E-state index < -0.39 is 5.60 Å². The molecule has 2 unspecified atom stereocenters. The average molecular weight is 246 g/mol. The number of hydrogen-bond donors (Lipinski definition) is 1. The normalized spacial score (nSPS) is 33.2. The summed E-state index contributed by atoms with van der Waals surface area (Å²) < 4.78 is 0.755. The van der Waals surface area contributed by atoms with E-state index in [1.54, 1.807) is 0 Å². The Morgan fingerprint density at radius 2 is 2.33 bits per heavy atom. The van der Waals surface area contributed by atoms with Crippen molar-refractivity contribution in [1.29, 1.82) is 0 Å². The Morgan fingerprint density at radius 1 is 1.60 bits per heavy atom. The lowest BCUT2D eigenvalue weighted by Gasteiger charge is -2.40. The third kappa shape index (κ3) is 2.21. The van der Waals surface area contributed by atoms with Gasteiger partial charge in [0.05, 0.1) is 4.34 Å². The lowest BCUT2D eigenvalue weighted by atomic mass is 9.86. The summed E-state index contributed by atoms with van der Waals surface area (Å²) in [5, 5.41) is 10.6. The van der Waals surface area contributed by atoms with Gasteiger partial charge in [-0.2, -0.15) is 0 Å². The second-order valence-electron chi connectivity index (χ2n) is 4.42. The number of piperidine rings is 1. The molecular weight excluding hydrogens is 230 g/mol. The summed E-state index contributed by atoms with van der Waals surface area (Å²) in [6.07, 6.45) is 1.59. The van der Waals surface area contributed by atoms with Crippen LogP contribution in [0.2, 0.25) is 4.34 Å². The Kier molecular flexibility index (Phi) is 3.08. The number of thiophene rings is 1. The van der Waals surface area contributed by atoms with Crippen molar-refractivity contribution in [3.63, 3.8) is 0 Å². The van der Waals surface area contributed by atoms with Gasteiger partial charge in [-0.05, 0) is 38.9 Å². The van der Waals surface area contributed by atoms with E-state index >= 15 is 0 Å². The lowest BCUT2D eigenvalue weighted by molar-refractivity contribution is -0.0380. The number of nitrogens with zero attached hydrogens (tertiary/aromatic N) is 1. The molecule has 2 heterocycles. The summed E-state index contributed by atoms with van der Waals surface area (Å²) >= 11 is 7.40. The zero-order valence-electron chi connectivity index (χ0n) is 9.03. The monoisotopic (exact) mass is 245 g/mol. The Morgan fingerprint density at radius 3 is 2.87 bits per heavy atom. The van der Waals surface area contributed by atoms with Gasteiger partial charge in [-0.3, -0.25) is 0 Å². The van der Waals surface area contributed by atoms with Gasteiger partial charge in [0.15, 0.2) is 0 Å². The maximum absolute atomic E-state index is 10.6. The molecule has 2 atom stereocenters. The van der Waals surface area contributed by atoms with E-state index in [1.807, 2.05) is 12.1 Å². The molecule has 0 spiro atoms. The predicted octanol–water partition coefficient (Wildman–Crippen LogP) is 2.70. The fraction of sp³-hybridized carbons (Fsp3) is 0.636. The van der Waals surface area contributed by atoms with E-state index in [-0.39, 0.29) is 0 Å². The maximum atomic E-state index is 10.6. The zero-order valence-corrected chi connectivity index (χ0v) is 10.6. The highest BCUT2D eigenvalue weighted by Gasteiger charge is 2.37. The molecule has 1 aliphatic heterocycles. The highest BCUT2D eigenvalue weighted by molar-refractivity contribution is 7.16. The molecule has 2 nitrogen and oxygen atoms in total. The quantitative estimate of drug-likeness (QED) is 0.823. The van der Waals surface area contributed by atoms with Gasteiger partial charge in [0.25, 0.3) is 0 Å². The van der Waals surface area contributed by atoms with Crippen LogP contribution in [0, 0.1) is 0 Å². The summed E-state index contributed by atoms with van der Waals surface area (Å²) in [5.74, 6) is 0. The van der Waals surface area contributed by atoms with Crippen molar-refractivity contribution in [3.8, 4) is 0 Å². The van der Waals surface area contributed by atoms with Crippen LogP contribution in [-0.4, -0.2) is 29.6 Å². The first-order chi connectivity index (χ1) is 7.01. The SMILES string of the molecule is CC1CC(O)(c2ccc(Cl)s2)CCN1C. The van der Waals surface area contributed by atoms with Crippen molar-refractivity contribution < 1.29 is 5.11 Å². The van der Waals surface area contributed by atoms with E-state index in [2.05, 4.69) is 18.9 Å². The molecule has 1 N–H and O–H groups in total. The molecule has 1 aliphatic rings. The van der Waals surface area contributed by atoms with E-state index in [0.717, 1.165) is 28.6 Å². The van der Waals surface area contributed by atoms with Crippen LogP contribution in [0.15, 0.2) is 12.1 Å². The Balaban J connectivity index is 2.20. The Hall–Kier alpha value is -0.0900. The van der Waals surface area contributed by atoms with Crippen molar-refractivity contribution in [3.05, 3.63) is 21.3 Å². The average Bonchev–Trinajstić information content (AvgIpc) is 2.60. The van der Waals surface area contributed by atoms with E-state index in [1.165, 1.54) is 11.3 Å². The number of aliphatic hydroxyl groups is 1. The molecular formula is C11H16ClNOS. The van der Waals surface area contributed by atoms with Crippen molar-refractivity contribution in [2.75, 3.05) is 13.6 Å². The first kappa shape index (κ1) is 11.4. The zero-order chi connectivity index (χ0) is 11.1. The maximum Gasteiger partial charge on any atom is 0.101 e. The second kappa shape index (κ2) is 4.06. The summed E-state index contributed by atoms with van der Waals surface area (Å²) in [6.45, 7) is 3.09. The van der Waals surface area contributed by atoms with Crippen LogP contribution < -0.4 is 0 Å². The van der Waals surface area contributed by atoms with E-state index in [0.29, 0.717) is 6.04 Å². The predicted molar refractivity (Wildman–Crippen MR) is 64.6 cm³/mol. The van der Waals surface area contributed by atoms with Gasteiger partial charge < -0.3 is 10.0 Å². The minimum Gasteiger partial charge on any atom is -0.384 e. The van der Waals surface area contributed by atoms with Crippen LogP contribution in [-0.2, 0) is 5.60 Å². The third-order valence-electron chi connectivity index (χ3n) is 3.30. The summed E-state index contributed by atoms with van der Waals surface area (Å²) in [4.78, 5) is 3.29. The van der Waals surface area contributed by atoms with E-state index in [9.17, 15) is 5.11 Å². The topological polar surface area (TPSA) is 23.5 Å². The Bertz CT molecular complexity index is 354. The molecule has 0 radical (unpaired) electrons. The van der Waals surface area contributed by atoms with Gasteiger partial charge in [-0.1, -0.05) is 11.6 Å². The van der Waals surface area contributed by atoms with Crippen molar-refractivity contribution in [2.45, 2.75) is 31.4 Å². The number of halogens is 1. The highest BCUT2D eigenvalue weighted by Crippen LogP contribution is 2.39.